The average Bonchev–Trinajstić information content (AvgIpc) is 3.31. The van der Waals surface area contributed by atoms with Crippen molar-refractivity contribution in [2.24, 2.45) is 0 Å². The highest BCUT2D eigenvalue weighted by atomic mass is 35.5. The van der Waals surface area contributed by atoms with Gasteiger partial charge in [-0.2, -0.15) is 0 Å². The van der Waals surface area contributed by atoms with Gasteiger partial charge in [0.1, 0.15) is 17.1 Å². The third-order valence-electron chi connectivity index (χ3n) is 5.37. The lowest BCUT2D eigenvalue weighted by Gasteiger charge is -2.29. The minimum Gasteiger partial charge on any atom is -0.457 e. The molecule has 1 aliphatic heterocycles. The van der Waals surface area contributed by atoms with Crippen LogP contribution in [-0.4, -0.2) is 21.5 Å². The number of carbonyl (C=O) groups is 2. The molecule has 0 atom stereocenters. The van der Waals surface area contributed by atoms with E-state index in [1.807, 2.05) is 30.3 Å². The van der Waals surface area contributed by atoms with E-state index in [1.54, 1.807) is 65.4 Å². The number of benzene rings is 3. The fraction of sp³-hybridized carbons (Fsp3) is 0. The second-order valence-corrected chi connectivity index (χ2v) is 9.06. The number of thiocarbonyl (C=S) groups is 1. The second kappa shape index (κ2) is 9.99. The molecule has 1 aromatic heterocycles. The van der Waals surface area contributed by atoms with Crippen molar-refractivity contribution in [1.29, 1.82) is 0 Å². The van der Waals surface area contributed by atoms with Gasteiger partial charge in [0.25, 0.3) is 11.8 Å². The Labute approximate surface area is 222 Å². The Kier molecular flexibility index (Phi) is 6.61. The van der Waals surface area contributed by atoms with Crippen molar-refractivity contribution in [2.75, 3.05) is 4.90 Å². The summed E-state index contributed by atoms with van der Waals surface area (Å²) in [6.45, 7) is 0. The van der Waals surface area contributed by atoms with Crippen LogP contribution in [0.1, 0.15) is 5.69 Å². The molecule has 1 fully saturated rings. The molecule has 1 N–H and O–H groups in total. The van der Waals surface area contributed by atoms with Crippen LogP contribution in [0.4, 0.5) is 5.69 Å². The minimum absolute atomic E-state index is 0.00381. The lowest BCUT2D eigenvalue weighted by atomic mass is 10.1. The summed E-state index contributed by atoms with van der Waals surface area (Å²) in [5.74, 6) is 0.161. The van der Waals surface area contributed by atoms with Gasteiger partial charge in [0.15, 0.2) is 5.11 Å². The van der Waals surface area contributed by atoms with Crippen molar-refractivity contribution in [1.82, 2.24) is 9.88 Å². The maximum Gasteiger partial charge on any atom is 0.270 e. The normalized spacial score (nSPS) is 14.8. The van der Waals surface area contributed by atoms with Gasteiger partial charge in [-0.05, 0) is 85.0 Å². The largest absolute Gasteiger partial charge is 0.457 e. The summed E-state index contributed by atoms with van der Waals surface area (Å²) >= 11 is 17.6. The number of nitrogens with zero attached hydrogens (tertiary/aromatic N) is 2. The highest BCUT2D eigenvalue weighted by Crippen LogP contribution is 2.28. The number of halogens is 2. The first-order valence-electron chi connectivity index (χ1n) is 10.8. The quantitative estimate of drug-likeness (QED) is 0.183. The van der Waals surface area contributed by atoms with E-state index in [0.29, 0.717) is 38.6 Å². The molecule has 0 bridgehead atoms. The molecule has 0 unspecified atom stereocenters. The highest BCUT2D eigenvalue weighted by Gasteiger charge is 2.34. The molecular weight excluding hydrogens is 517 g/mol. The summed E-state index contributed by atoms with van der Waals surface area (Å²) < 4.78 is 7.59. The number of hydrogen-bond acceptors (Lipinski definition) is 4. The number of rotatable bonds is 5. The summed E-state index contributed by atoms with van der Waals surface area (Å²) in [6.07, 6.45) is 3.29. The first kappa shape index (κ1) is 23.8. The van der Waals surface area contributed by atoms with Crippen molar-refractivity contribution in [2.45, 2.75) is 0 Å². The van der Waals surface area contributed by atoms with Crippen LogP contribution in [0.2, 0.25) is 10.0 Å². The maximum absolute atomic E-state index is 13.4. The number of hydrogen-bond donors (Lipinski definition) is 1. The van der Waals surface area contributed by atoms with Crippen molar-refractivity contribution in [3.63, 3.8) is 0 Å². The Morgan fingerprint density at radius 1 is 0.806 bits per heavy atom. The number of amides is 2. The molecule has 6 nitrogen and oxygen atoms in total. The molecule has 0 radical (unpaired) electrons. The van der Waals surface area contributed by atoms with Gasteiger partial charge in [-0.15, -0.1) is 0 Å². The number of carbonyl (C=O) groups excluding carboxylic acids is 2. The summed E-state index contributed by atoms with van der Waals surface area (Å²) in [5.41, 5.74) is 1.70. The van der Waals surface area contributed by atoms with Crippen LogP contribution in [0.15, 0.2) is 96.7 Å². The molecule has 0 spiro atoms. The highest BCUT2D eigenvalue weighted by molar-refractivity contribution is 7.80. The topological polar surface area (TPSA) is 63.6 Å². The van der Waals surface area contributed by atoms with Crippen molar-refractivity contribution in [3.05, 3.63) is 112 Å². The minimum atomic E-state index is -0.581. The molecule has 1 saturated heterocycles. The molecule has 1 aliphatic rings. The van der Waals surface area contributed by atoms with Gasteiger partial charge in [-0.25, -0.2) is 0 Å². The van der Waals surface area contributed by atoms with Crippen molar-refractivity contribution in [3.8, 4) is 17.2 Å². The fourth-order valence-corrected chi connectivity index (χ4v) is 4.55. The first-order valence-corrected chi connectivity index (χ1v) is 11.9. The monoisotopic (exact) mass is 533 g/mol. The molecule has 2 heterocycles. The van der Waals surface area contributed by atoms with E-state index in [1.165, 1.54) is 11.0 Å². The molecule has 36 heavy (non-hydrogen) atoms. The number of para-hydroxylation sites is 1. The van der Waals surface area contributed by atoms with Crippen LogP contribution in [0.3, 0.4) is 0 Å². The summed E-state index contributed by atoms with van der Waals surface area (Å²) in [4.78, 5) is 27.5. The van der Waals surface area contributed by atoms with E-state index in [4.69, 9.17) is 40.2 Å². The van der Waals surface area contributed by atoms with Crippen LogP contribution in [0, 0.1) is 0 Å². The average molecular weight is 534 g/mol. The van der Waals surface area contributed by atoms with E-state index < -0.39 is 11.8 Å². The van der Waals surface area contributed by atoms with Crippen LogP contribution >= 0.6 is 35.4 Å². The van der Waals surface area contributed by atoms with Gasteiger partial charge >= 0.3 is 0 Å². The van der Waals surface area contributed by atoms with Crippen LogP contribution in [0.25, 0.3) is 11.8 Å². The maximum atomic E-state index is 13.4. The fourth-order valence-electron chi connectivity index (χ4n) is 3.75. The Balaban J connectivity index is 1.44. The standard InChI is InChI=1S/C27H17Cl2N3O3S/c28-17-13-18(29)15-21(14-17)31-12-4-5-20(31)16-24-25(33)30-27(36)32(26(24)34)19-8-10-23(11-9-19)35-22-6-2-1-3-7-22/h1-16H,(H,30,33,36)/b24-16+. The number of nitrogens with one attached hydrogen (secondary N) is 1. The van der Waals surface area contributed by atoms with Gasteiger partial charge < -0.3 is 9.30 Å². The molecule has 3 aromatic carbocycles. The Hall–Kier alpha value is -3.91. The zero-order chi connectivity index (χ0) is 25.2. The zero-order valence-corrected chi connectivity index (χ0v) is 20.8. The van der Waals surface area contributed by atoms with E-state index in [2.05, 4.69) is 5.32 Å². The lowest BCUT2D eigenvalue weighted by molar-refractivity contribution is -0.122. The van der Waals surface area contributed by atoms with Crippen molar-refractivity contribution < 1.29 is 14.3 Å². The smallest absolute Gasteiger partial charge is 0.270 e. The number of anilines is 1. The third kappa shape index (κ3) is 4.90. The predicted molar refractivity (Wildman–Crippen MR) is 145 cm³/mol. The molecular formula is C27H17Cl2N3O3S. The van der Waals surface area contributed by atoms with E-state index >= 15 is 0 Å². The first-order chi connectivity index (χ1) is 17.4. The summed E-state index contributed by atoms with van der Waals surface area (Å²) in [6, 6.07) is 24.9. The summed E-state index contributed by atoms with van der Waals surface area (Å²) in [7, 11) is 0. The lowest BCUT2D eigenvalue weighted by Crippen LogP contribution is -2.54. The van der Waals surface area contributed by atoms with E-state index in [-0.39, 0.29) is 10.7 Å². The third-order valence-corrected chi connectivity index (χ3v) is 6.09. The molecule has 2 amide bonds. The van der Waals surface area contributed by atoms with Gasteiger partial charge in [0.05, 0.1) is 5.69 Å². The van der Waals surface area contributed by atoms with Crippen LogP contribution in [-0.2, 0) is 9.59 Å². The van der Waals surface area contributed by atoms with Crippen LogP contribution in [0.5, 0.6) is 11.5 Å². The predicted octanol–water partition coefficient (Wildman–Crippen LogP) is 6.41. The molecule has 4 aromatic rings. The van der Waals surface area contributed by atoms with Gasteiger partial charge in [-0.3, -0.25) is 19.8 Å². The SMILES string of the molecule is O=C1NC(=S)N(c2ccc(Oc3ccccc3)cc2)C(=O)/C1=C/c1cccn1-c1cc(Cl)cc(Cl)c1. The molecule has 0 aliphatic carbocycles. The number of ether oxygens (including phenoxy) is 1. The van der Waals surface area contributed by atoms with Crippen molar-refractivity contribution >= 4 is 64.1 Å². The van der Waals surface area contributed by atoms with Crippen LogP contribution < -0.4 is 15.0 Å². The molecule has 178 valence electrons. The van der Waals surface area contributed by atoms with E-state index in [0.717, 1.165) is 0 Å². The summed E-state index contributed by atoms with van der Waals surface area (Å²) in [5, 5.41) is 3.53. The molecule has 0 saturated carbocycles. The Morgan fingerprint density at radius 3 is 2.17 bits per heavy atom. The molecule has 9 heteroatoms. The zero-order valence-electron chi connectivity index (χ0n) is 18.5. The number of aromatic nitrogens is 1. The van der Waals surface area contributed by atoms with Gasteiger partial charge in [0, 0.05) is 27.6 Å². The van der Waals surface area contributed by atoms with Gasteiger partial charge in [-0.1, -0.05) is 41.4 Å². The Morgan fingerprint density at radius 2 is 1.47 bits per heavy atom. The van der Waals surface area contributed by atoms with Gasteiger partial charge in [0.2, 0.25) is 0 Å². The second-order valence-electron chi connectivity index (χ2n) is 7.80. The van der Waals surface area contributed by atoms with E-state index in [9.17, 15) is 9.59 Å². The Bertz CT molecular complexity index is 1490. The molecule has 5 rings (SSSR count).